The lowest BCUT2D eigenvalue weighted by Gasteiger charge is -2.26. The van der Waals surface area contributed by atoms with E-state index in [1.165, 1.54) is 5.56 Å². The highest BCUT2D eigenvalue weighted by atomic mass is 16.2. The molecule has 0 aliphatic heterocycles. The largest absolute Gasteiger partial charge is 0.383 e. The number of para-hydroxylation sites is 2. The van der Waals surface area contributed by atoms with Crippen molar-refractivity contribution < 1.29 is 4.79 Å². The molecule has 4 rings (SSSR count). The van der Waals surface area contributed by atoms with E-state index in [4.69, 9.17) is 0 Å². The van der Waals surface area contributed by atoms with Crippen LogP contribution in [0.3, 0.4) is 0 Å². The Bertz CT molecular complexity index is 1010. The third kappa shape index (κ3) is 5.27. The molecule has 1 amide bonds. The smallest absolute Gasteiger partial charge is 0.240 e. The summed E-state index contributed by atoms with van der Waals surface area (Å²) in [4.78, 5) is 23.6. The number of anilines is 2. The fraction of sp³-hybridized carbons (Fsp3) is 0.320. The Morgan fingerprint density at radius 1 is 1.06 bits per heavy atom. The van der Waals surface area contributed by atoms with E-state index in [0.717, 1.165) is 55.0 Å². The molecule has 0 spiro atoms. The molecule has 1 aliphatic carbocycles. The first-order valence-electron chi connectivity index (χ1n) is 10.9. The van der Waals surface area contributed by atoms with Gasteiger partial charge in [0.05, 0.1) is 29.7 Å². The molecule has 31 heavy (non-hydrogen) atoms. The molecule has 1 aliphatic rings. The van der Waals surface area contributed by atoms with Crippen LogP contribution in [0.1, 0.15) is 35.8 Å². The molecule has 1 atom stereocenters. The van der Waals surface area contributed by atoms with Gasteiger partial charge in [0.15, 0.2) is 0 Å². The van der Waals surface area contributed by atoms with Crippen LogP contribution in [0.25, 0.3) is 0 Å². The SMILES string of the molecule is CN(C(=O)CNC1CCCc2cccnc21)c1ccccc1NCCc1ccccn1. The van der Waals surface area contributed by atoms with Gasteiger partial charge in [0.1, 0.15) is 0 Å². The number of rotatable bonds is 8. The van der Waals surface area contributed by atoms with Crippen molar-refractivity contribution >= 4 is 17.3 Å². The molecule has 1 unspecified atom stereocenters. The summed E-state index contributed by atoms with van der Waals surface area (Å²) in [5, 5.41) is 6.88. The minimum absolute atomic E-state index is 0.0297. The summed E-state index contributed by atoms with van der Waals surface area (Å²) in [6.45, 7) is 1.03. The topological polar surface area (TPSA) is 70.2 Å². The maximum absolute atomic E-state index is 13.0. The molecule has 6 heteroatoms. The molecular formula is C25H29N5O. The zero-order chi connectivity index (χ0) is 21.5. The number of hydrogen-bond acceptors (Lipinski definition) is 5. The van der Waals surface area contributed by atoms with Crippen LogP contribution in [0.15, 0.2) is 67.0 Å². The Hall–Kier alpha value is -3.25. The summed E-state index contributed by atoms with van der Waals surface area (Å²) in [5.41, 5.74) is 5.23. The van der Waals surface area contributed by atoms with Crippen LogP contribution in [-0.4, -0.2) is 36.0 Å². The molecule has 0 bridgehead atoms. The second kappa shape index (κ2) is 10.2. The molecule has 3 aromatic rings. The van der Waals surface area contributed by atoms with Crippen molar-refractivity contribution in [2.75, 3.05) is 30.4 Å². The van der Waals surface area contributed by atoms with E-state index in [1.54, 1.807) is 4.90 Å². The lowest BCUT2D eigenvalue weighted by Crippen LogP contribution is -2.38. The van der Waals surface area contributed by atoms with Crippen LogP contribution in [0.5, 0.6) is 0 Å². The number of benzene rings is 1. The number of hydrogen-bond donors (Lipinski definition) is 2. The number of amides is 1. The zero-order valence-electron chi connectivity index (χ0n) is 17.9. The van der Waals surface area contributed by atoms with Crippen molar-refractivity contribution in [2.45, 2.75) is 31.7 Å². The average Bonchev–Trinajstić information content (AvgIpc) is 2.83. The predicted octanol–water partition coefficient (Wildman–Crippen LogP) is 3.76. The van der Waals surface area contributed by atoms with Gasteiger partial charge < -0.3 is 15.5 Å². The number of carbonyl (C=O) groups excluding carboxylic acids is 1. The van der Waals surface area contributed by atoms with Gasteiger partial charge in [0.25, 0.3) is 0 Å². The van der Waals surface area contributed by atoms with E-state index in [1.807, 2.05) is 68.0 Å². The van der Waals surface area contributed by atoms with Crippen LogP contribution in [0.4, 0.5) is 11.4 Å². The number of carbonyl (C=O) groups is 1. The van der Waals surface area contributed by atoms with E-state index in [2.05, 4.69) is 26.7 Å². The number of nitrogens with zero attached hydrogens (tertiary/aromatic N) is 3. The predicted molar refractivity (Wildman–Crippen MR) is 124 cm³/mol. The van der Waals surface area contributed by atoms with Gasteiger partial charge in [-0.2, -0.15) is 0 Å². The molecular weight excluding hydrogens is 386 g/mol. The first-order valence-corrected chi connectivity index (χ1v) is 10.9. The Kier molecular flexibility index (Phi) is 6.89. The average molecular weight is 416 g/mol. The van der Waals surface area contributed by atoms with Gasteiger partial charge in [0, 0.05) is 38.1 Å². The van der Waals surface area contributed by atoms with Crippen molar-refractivity contribution in [3.63, 3.8) is 0 Å². The van der Waals surface area contributed by atoms with Crippen LogP contribution in [0, 0.1) is 0 Å². The normalized spacial score (nSPS) is 15.2. The van der Waals surface area contributed by atoms with Crippen molar-refractivity contribution in [2.24, 2.45) is 0 Å². The fourth-order valence-electron chi connectivity index (χ4n) is 4.06. The molecule has 0 saturated heterocycles. The highest BCUT2D eigenvalue weighted by Gasteiger charge is 2.22. The molecule has 6 nitrogen and oxygen atoms in total. The van der Waals surface area contributed by atoms with Gasteiger partial charge in [-0.1, -0.05) is 24.3 Å². The summed E-state index contributed by atoms with van der Waals surface area (Å²) in [6.07, 6.45) is 7.65. The van der Waals surface area contributed by atoms with Crippen molar-refractivity contribution in [3.8, 4) is 0 Å². The summed E-state index contributed by atoms with van der Waals surface area (Å²) in [5.74, 6) is 0.0297. The number of pyridine rings is 2. The second-order valence-corrected chi connectivity index (χ2v) is 7.84. The van der Waals surface area contributed by atoms with Crippen molar-refractivity contribution in [1.82, 2.24) is 15.3 Å². The van der Waals surface area contributed by atoms with Gasteiger partial charge in [0.2, 0.25) is 5.91 Å². The summed E-state index contributed by atoms with van der Waals surface area (Å²) in [6, 6.07) is 18.1. The van der Waals surface area contributed by atoms with Crippen LogP contribution in [0.2, 0.25) is 0 Å². The first kappa shape index (κ1) is 21.0. The van der Waals surface area contributed by atoms with E-state index in [0.29, 0.717) is 0 Å². The zero-order valence-corrected chi connectivity index (χ0v) is 17.9. The summed E-state index contributed by atoms with van der Waals surface area (Å²) >= 11 is 0. The van der Waals surface area contributed by atoms with E-state index >= 15 is 0 Å². The minimum Gasteiger partial charge on any atom is -0.383 e. The first-order chi connectivity index (χ1) is 15.2. The number of likely N-dealkylation sites (N-methyl/N-ethyl adjacent to an activating group) is 1. The second-order valence-electron chi connectivity index (χ2n) is 7.84. The molecule has 2 heterocycles. The Morgan fingerprint density at radius 2 is 1.90 bits per heavy atom. The number of aryl methyl sites for hydroxylation is 1. The third-order valence-corrected chi connectivity index (χ3v) is 5.76. The third-order valence-electron chi connectivity index (χ3n) is 5.76. The van der Waals surface area contributed by atoms with E-state index in [-0.39, 0.29) is 18.5 Å². The number of nitrogens with one attached hydrogen (secondary N) is 2. The Balaban J connectivity index is 1.36. The summed E-state index contributed by atoms with van der Waals surface area (Å²) < 4.78 is 0. The van der Waals surface area contributed by atoms with Gasteiger partial charge in [-0.3, -0.25) is 14.8 Å². The standard InChI is InChI=1S/C25H29N5O/c1-30(24(31)18-29-22-12-6-8-19-9-7-16-28-25(19)22)23-13-3-2-11-21(23)27-17-14-20-10-4-5-15-26-20/h2-5,7,9-11,13,15-16,22,27,29H,6,8,12,14,17-18H2,1H3. The monoisotopic (exact) mass is 415 g/mol. The maximum atomic E-state index is 13.0. The Morgan fingerprint density at radius 3 is 2.77 bits per heavy atom. The molecule has 2 N–H and O–H groups in total. The van der Waals surface area contributed by atoms with Gasteiger partial charge in [-0.15, -0.1) is 0 Å². The highest BCUT2D eigenvalue weighted by Crippen LogP contribution is 2.28. The maximum Gasteiger partial charge on any atom is 0.240 e. The van der Waals surface area contributed by atoms with Gasteiger partial charge in [-0.25, -0.2) is 0 Å². The number of fused-ring (bicyclic) bond motifs is 1. The summed E-state index contributed by atoms with van der Waals surface area (Å²) in [7, 11) is 1.83. The van der Waals surface area contributed by atoms with Crippen molar-refractivity contribution in [3.05, 3.63) is 83.9 Å². The molecule has 160 valence electrons. The highest BCUT2D eigenvalue weighted by molar-refractivity contribution is 5.97. The Labute approximate surface area is 183 Å². The van der Waals surface area contributed by atoms with Crippen LogP contribution in [-0.2, 0) is 17.6 Å². The molecule has 0 fully saturated rings. The van der Waals surface area contributed by atoms with E-state index in [9.17, 15) is 4.79 Å². The van der Waals surface area contributed by atoms with Crippen molar-refractivity contribution in [1.29, 1.82) is 0 Å². The minimum atomic E-state index is 0.0297. The molecule has 2 aromatic heterocycles. The van der Waals surface area contributed by atoms with Gasteiger partial charge in [-0.05, 0) is 55.2 Å². The number of aromatic nitrogens is 2. The lowest BCUT2D eigenvalue weighted by molar-refractivity contribution is -0.117. The molecule has 0 radical (unpaired) electrons. The van der Waals surface area contributed by atoms with Crippen LogP contribution >= 0.6 is 0 Å². The lowest BCUT2D eigenvalue weighted by atomic mass is 9.92. The van der Waals surface area contributed by atoms with Gasteiger partial charge >= 0.3 is 0 Å². The van der Waals surface area contributed by atoms with E-state index < -0.39 is 0 Å². The quantitative estimate of drug-likeness (QED) is 0.586. The van der Waals surface area contributed by atoms with Crippen LogP contribution < -0.4 is 15.5 Å². The molecule has 0 saturated carbocycles. The molecule has 1 aromatic carbocycles. The fourth-order valence-corrected chi connectivity index (χ4v) is 4.06.